The third kappa shape index (κ3) is 4.14. The van der Waals surface area contributed by atoms with Gasteiger partial charge in [0.25, 0.3) is 5.91 Å². The number of aromatic nitrogens is 2. The zero-order chi connectivity index (χ0) is 17.8. The number of likely N-dealkylation sites (N-methyl/N-ethyl adjacent to an activating group) is 1. The van der Waals surface area contributed by atoms with E-state index >= 15 is 0 Å². The molecule has 1 aliphatic rings. The Kier molecular flexibility index (Phi) is 5.28. The number of hydrogen-bond acceptors (Lipinski definition) is 5. The molecule has 0 aliphatic carbocycles. The molecule has 6 nitrogen and oxygen atoms in total. The molecular weight excluding hydrogens is 314 g/mol. The number of hydrogen-bond donors (Lipinski definition) is 1. The Hall–Kier alpha value is -2.47. The SMILES string of the molecule is CCN1CCN(C(=O)c2cnc(Nc3ccc(C)c(C)c3)cn2)CC1. The Bertz CT molecular complexity index is 736. The van der Waals surface area contributed by atoms with Crippen molar-refractivity contribution in [3.8, 4) is 0 Å². The summed E-state index contributed by atoms with van der Waals surface area (Å²) in [6.07, 6.45) is 3.17. The molecule has 1 aromatic carbocycles. The average molecular weight is 339 g/mol. The fourth-order valence-electron chi connectivity index (χ4n) is 2.90. The number of benzene rings is 1. The van der Waals surface area contributed by atoms with Gasteiger partial charge in [-0.25, -0.2) is 9.97 Å². The number of rotatable bonds is 4. The molecule has 1 aliphatic heterocycles. The summed E-state index contributed by atoms with van der Waals surface area (Å²) in [5, 5.41) is 3.23. The Morgan fingerprint density at radius 1 is 1.08 bits per heavy atom. The van der Waals surface area contributed by atoms with Gasteiger partial charge in [0, 0.05) is 31.9 Å². The van der Waals surface area contributed by atoms with Crippen molar-refractivity contribution in [2.75, 3.05) is 38.0 Å². The van der Waals surface area contributed by atoms with Crippen LogP contribution in [0.4, 0.5) is 11.5 Å². The topological polar surface area (TPSA) is 61.4 Å². The highest BCUT2D eigenvalue weighted by Crippen LogP contribution is 2.18. The van der Waals surface area contributed by atoms with E-state index < -0.39 is 0 Å². The molecule has 0 spiro atoms. The number of aryl methyl sites for hydroxylation is 2. The van der Waals surface area contributed by atoms with E-state index in [4.69, 9.17) is 0 Å². The predicted molar refractivity (Wildman–Crippen MR) is 99.2 cm³/mol. The minimum Gasteiger partial charge on any atom is -0.339 e. The highest BCUT2D eigenvalue weighted by atomic mass is 16.2. The van der Waals surface area contributed by atoms with Crippen LogP contribution in [0.5, 0.6) is 0 Å². The van der Waals surface area contributed by atoms with Crippen LogP contribution >= 0.6 is 0 Å². The molecule has 0 radical (unpaired) electrons. The highest BCUT2D eigenvalue weighted by Gasteiger charge is 2.22. The van der Waals surface area contributed by atoms with Crippen LogP contribution in [0.1, 0.15) is 28.5 Å². The van der Waals surface area contributed by atoms with Gasteiger partial charge in [-0.2, -0.15) is 0 Å². The molecular formula is C19H25N5O. The molecule has 0 atom stereocenters. The van der Waals surface area contributed by atoms with Crippen molar-refractivity contribution in [2.45, 2.75) is 20.8 Å². The Balaban J connectivity index is 1.63. The Morgan fingerprint density at radius 3 is 2.44 bits per heavy atom. The molecule has 1 fully saturated rings. The molecule has 1 N–H and O–H groups in total. The molecule has 1 aromatic heterocycles. The summed E-state index contributed by atoms with van der Waals surface area (Å²) >= 11 is 0. The maximum absolute atomic E-state index is 12.5. The van der Waals surface area contributed by atoms with Crippen molar-refractivity contribution in [1.29, 1.82) is 0 Å². The zero-order valence-corrected chi connectivity index (χ0v) is 15.1. The normalized spacial score (nSPS) is 15.2. The molecule has 0 bridgehead atoms. The van der Waals surface area contributed by atoms with Crippen LogP contribution in [-0.4, -0.2) is 58.4 Å². The van der Waals surface area contributed by atoms with Gasteiger partial charge in [0.15, 0.2) is 0 Å². The number of carbonyl (C=O) groups is 1. The molecule has 25 heavy (non-hydrogen) atoms. The van der Waals surface area contributed by atoms with Crippen molar-refractivity contribution in [3.63, 3.8) is 0 Å². The molecule has 1 amide bonds. The van der Waals surface area contributed by atoms with Crippen LogP contribution in [0.15, 0.2) is 30.6 Å². The smallest absolute Gasteiger partial charge is 0.274 e. The molecule has 2 aromatic rings. The fraction of sp³-hybridized carbons (Fsp3) is 0.421. The Morgan fingerprint density at radius 2 is 1.84 bits per heavy atom. The number of carbonyl (C=O) groups excluding carboxylic acids is 1. The predicted octanol–water partition coefficient (Wildman–Crippen LogP) is 2.61. The largest absolute Gasteiger partial charge is 0.339 e. The number of nitrogens with one attached hydrogen (secondary N) is 1. The van der Waals surface area contributed by atoms with Gasteiger partial charge in [-0.05, 0) is 43.7 Å². The van der Waals surface area contributed by atoms with Gasteiger partial charge in [-0.1, -0.05) is 13.0 Å². The van der Waals surface area contributed by atoms with Crippen LogP contribution in [0, 0.1) is 13.8 Å². The number of anilines is 2. The third-order valence-electron chi connectivity index (χ3n) is 4.76. The first kappa shape index (κ1) is 17.4. The van der Waals surface area contributed by atoms with Crippen molar-refractivity contribution in [1.82, 2.24) is 19.8 Å². The van der Waals surface area contributed by atoms with E-state index in [0.717, 1.165) is 38.4 Å². The first-order chi connectivity index (χ1) is 12.1. The van der Waals surface area contributed by atoms with E-state index in [1.807, 2.05) is 11.0 Å². The lowest BCUT2D eigenvalue weighted by Gasteiger charge is -2.33. The lowest BCUT2D eigenvalue weighted by atomic mass is 10.1. The highest BCUT2D eigenvalue weighted by molar-refractivity contribution is 5.92. The van der Waals surface area contributed by atoms with E-state index in [1.54, 1.807) is 12.4 Å². The maximum atomic E-state index is 12.5. The van der Waals surface area contributed by atoms with Crippen molar-refractivity contribution < 1.29 is 4.79 Å². The second-order valence-electron chi connectivity index (χ2n) is 6.44. The molecule has 3 rings (SSSR count). The summed E-state index contributed by atoms with van der Waals surface area (Å²) in [4.78, 5) is 25.4. The summed E-state index contributed by atoms with van der Waals surface area (Å²) < 4.78 is 0. The van der Waals surface area contributed by atoms with Gasteiger partial charge in [0.1, 0.15) is 11.5 Å². The van der Waals surface area contributed by atoms with Gasteiger partial charge in [-0.15, -0.1) is 0 Å². The van der Waals surface area contributed by atoms with Crippen molar-refractivity contribution in [3.05, 3.63) is 47.4 Å². The minimum absolute atomic E-state index is 0.0408. The quantitative estimate of drug-likeness (QED) is 0.928. The summed E-state index contributed by atoms with van der Waals surface area (Å²) in [5.74, 6) is 0.594. The molecule has 0 saturated carbocycles. The molecule has 1 saturated heterocycles. The monoisotopic (exact) mass is 339 g/mol. The maximum Gasteiger partial charge on any atom is 0.274 e. The summed E-state index contributed by atoms with van der Waals surface area (Å²) in [6.45, 7) is 10.7. The number of amides is 1. The number of nitrogens with zero attached hydrogens (tertiary/aromatic N) is 4. The number of piperazine rings is 1. The Labute approximate surface area is 148 Å². The van der Waals surface area contributed by atoms with Gasteiger partial charge in [-0.3, -0.25) is 4.79 Å². The van der Waals surface area contributed by atoms with E-state index in [-0.39, 0.29) is 5.91 Å². The van der Waals surface area contributed by atoms with Crippen LogP contribution in [0.3, 0.4) is 0 Å². The lowest BCUT2D eigenvalue weighted by Crippen LogP contribution is -2.48. The van der Waals surface area contributed by atoms with Crippen LogP contribution < -0.4 is 5.32 Å². The van der Waals surface area contributed by atoms with E-state index in [0.29, 0.717) is 11.5 Å². The standard InChI is InChI=1S/C19H25N5O/c1-4-23-7-9-24(10-8-23)19(25)17-12-21-18(13-20-17)22-16-6-5-14(2)15(3)11-16/h5-6,11-13H,4,7-10H2,1-3H3,(H,21,22). The molecule has 0 unspecified atom stereocenters. The molecule has 2 heterocycles. The average Bonchev–Trinajstić information content (AvgIpc) is 2.65. The lowest BCUT2D eigenvalue weighted by molar-refractivity contribution is 0.0637. The van der Waals surface area contributed by atoms with Crippen LogP contribution in [0.25, 0.3) is 0 Å². The van der Waals surface area contributed by atoms with Crippen molar-refractivity contribution in [2.24, 2.45) is 0 Å². The molecule has 6 heteroatoms. The molecule has 132 valence electrons. The second-order valence-corrected chi connectivity index (χ2v) is 6.44. The van der Waals surface area contributed by atoms with Crippen molar-refractivity contribution >= 4 is 17.4 Å². The minimum atomic E-state index is -0.0408. The summed E-state index contributed by atoms with van der Waals surface area (Å²) in [7, 11) is 0. The van der Waals surface area contributed by atoms with E-state index in [2.05, 4.69) is 53.1 Å². The van der Waals surface area contributed by atoms with Crippen LogP contribution in [-0.2, 0) is 0 Å². The van der Waals surface area contributed by atoms with Gasteiger partial charge < -0.3 is 15.1 Å². The summed E-state index contributed by atoms with van der Waals surface area (Å²) in [5.41, 5.74) is 3.83. The van der Waals surface area contributed by atoms with Gasteiger partial charge in [0.05, 0.1) is 12.4 Å². The van der Waals surface area contributed by atoms with E-state index in [1.165, 1.54) is 11.1 Å². The second kappa shape index (κ2) is 7.61. The first-order valence-electron chi connectivity index (χ1n) is 8.74. The third-order valence-corrected chi connectivity index (χ3v) is 4.76. The van der Waals surface area contributed by atoms with E-state index in [9.17, 15) is 4.79 Å². The summed E-state index contributed by atoms with van der Waals surface area (Å²) in [6, 6.07) is 6.15. The first-order valence-corrected chi connectivity index (χ1v) is 8.74. The fourth-order valence-corrected chi connectivity index (χ4v) is 2.90. The van der Waals surface area contributed by atoms with Gasteiger partial charge >= 0.3 is 0 Å². The van der Waals surface area contributed by atoms with Crippen LogP contribution in [0.2, 0.25) is 0 Å². The van der Waals surface area contributed by atoms with Gasteiger partial charge in [0.2, 0.25) is 0 Å². The zero-order valence-electron chi connectivity index (χ0n) is 15.1.